The molecular formula is C25H18O3. The van der Waals surface area contributed by atoms with E-state index in [-0.39, 0.29) is 0 Å². The molecule has 0 unspecified atom stereocenters. The number of para-hydroxylation sites is 2. The molecule has 0 saturated carbocycles. The van der Waals surface area contributed by atoms with Crippen LogP contribution in [0.1, 0.15) is 17.2 Å². The van der Waals surface area contributed by atoms with Crippen LogP contribution in [0.3, 0.4) is 0 Å². The van der Waals surface area contributed by atoms with Crippen LogP contribution in [0.25, 0.3) is 11.1 Å². The van der Waals surface area contributed by atoms with Gasteiger partial charge in [-0.3, -0.25) is 0 Å². The van der Waals surface area contributed by atoms with Gasteiger partial charge in [-0.05, 0) is 70.8 Å². The molecule has 0 bridgehead atoms. The van der Waals surface area contributed by atoms with Crippen molar-refractivity contribution in [2.75, 3.05) is 0 Å². The minimum Gasteiger partial charge on any atom is -0.457 e. The Kier molecular flexibility index (Phi) is 4.08. The zero-order valence-electron chi connectivity index (χ0n) is 15.1. The van der Waals surface area contributed by atoms with Crippen molar-refractivity contribution in [3.05, 3.63) is 108 Å². The molecule has 28 heavy (non-hydrogen) atoms. The molecule has 4 aromatic rings. The smallest absolute Gasteiger partial charge is 0.127 e. The molecule has 0 spiro atoms. The number of aliphatic hydroxyl groups is 1. The van der Waals surface area contributed by atoms with Crippen LogP contribution >= 0.6 is 0 Å². The molecule has 0 aliphatic heterocycles. The first-order chi connectivity index (χ1) is 13.8. The Morgan fingerprint density at radius 2 is 0.929 bits per heavy atom. The Morgan fingerprint density at radius 3 is 1.36 bits per heavy atom. The summed E-state index contributed by atoms with van der Waals surface area (Å²) in [6, 6.07) is 30.9. The summed E-state index contributed by atoms with van der Waals surface area (Å²) in [5.74, 6) is 2.95. The van der Waals surface area contributed by atoms with Gasteiger partial charge in [0.1, 0.15) is 29.1 Å². The highest BCUT2D eigenvalue weighted by atomic mass is 16.5. The van der Waals surface area contributed by atoms with Crippen LogP contribution in [0, 0.1) is 0 Å². The normalized spacial score (nSPS) is 12.3. The van der Waals surface area contributed by atoms with E-state index >= 15 is 0 Å². The van der Waals surface area contributed by atoms with Crippen LogP contribution in [-0.2, 0) is 0 Å². The van der Waals surface area contributed by atoms with E-state index in [0.29, 0.717) is 11.5 Å². The molecule has 4 aromatic carbocycles. The van der Waals surface area contributed by atoms with Crippen LogP contribution in [-0.4, -0.2) is 5.11 Å². The Bertz CT molecular complexity index is 1030. The fourth-order valence-corrected chi connectivity index (χ4v) is 3.57. The lowest BCUT2D eigenvalue weighted by Crippen LogP contribution is -1.95. The van der Waals surface area contributed by atoms with Gasteiger partial charge in [0.2, 0.25) is 0 Å². The highest BCUT2D eigenvalue weighted by Crippen LogP contribution is 2.46. The molecule has 0 radical (unpaired) electrons. The molecule has 0 amide bonds. The van der Waals surface area contributed by atoms with Gasteiger partial charge in [0.15, 0.2) is 0 Å². The molecular weight excluding hydrogens is 348 g/mol. The summed E-state index contributed by atoms with van der Waals surface area (Å²) in [4.78, 5) is 0. The molecule has 136 valence electrons. The predicted octanol–water partition coefficient (Wildman–Crippen LogP) is 6.33. The number of hydrogen-bond acceptors (Lipinski definition) is 3. The zero-order valence-corrected chi connectivity index (χ0v) is 15.1. The summed E-state index contributed by atoms with van der Waals surface area (Å²) in [5, 5.41) is 10.9. The third-order valence-corrected chi connectivity index (χ3v) is 4.88. The number of rotatable bonds is 4. The molecule has 0 fully saturated rings. The summed E-state index contributed by atoms with van der Waals surface area (Å²) in [6.07, 6.45) is -0.705. The van der Waals surface area contributed by atoms with Crippen molar-refractivity contribution in [1.29, 1.82) is 0 Å². The number of aliphatic hydroxyl groups excluding tert-OH is 1. The molecule has 0 saturated heterocycles. The van der Waals surface area contributed by atoms with Gasteiger partial charge in [-0.1, -0.05) is 48.5 Å². The maximum Gasteiger partial charge on any atom is 0.127 e. The first-order valence-corrected chi connectivity index (χ1v) is 9.20. The highest BCUT2D eigenvalue weighted by molar-refractivity contribution is 5.79. The Balaban J connectivity index is 1.45. The van der Waals surface area contributed by atoms with Gasteiger partial charge < -0.3 is 14.6 Å². The topological polar surface area (TPSA) is 38.7 Å². The Hall–Kier alpha value is -3.56. The van der Waals surface area contributed by atoms with Crippen LogP contribution in [0.4, 0.5) is 0 Å². The van der Waals surface area contributed by atoms with Crippen LogP contribution in [0.2, 0.25) is 0 Å². The lowest BCUT2D eigenvalue weighted by atomic mass is 10.1. The van der Waals surface area contributed by atoms with E-state index in [1.807, 2.05) is 97.1 Å². The monoisotopic (exact) mass is 366 g/mol. The lowest BCUT2D eigenvalue weighted by molar-refractivity contribution is 0.224. The van der Waals surface area contributed by atoms with E-state index in [1.54, 1.807) is 0 Å². The average molecular weight is 366 g/mol. The Morgan fingerprint density at radius 1 is 0.500 bits per heavy atom. The minimum absolute atomic E-state index is 0.705. The maximum absolute atomic E-state index is 10.9. The number of hydrogen-bond donors (Lipinski definition) is 1. The van der Waals surface area contributed by atoms with Crippen LogP contribution < -0.4 is 9.47 Å². The molecule has 0 aromatic heterocycles. The molecule has 1 aliphatic carbocycles. The maximum atomic E-state index is 10.9. The second-order valence-corrected chi connectivity index (χ2v) is 6.73. The third kappa shape index (κ3) is 3.02. The zero-order chi connectivity index (χ0) is 18.9. The SMILES string of the molecule is OC1c2cc(Oc3ccccc3)ccc2-c2ccc(Oc3ccccc3)cc21. The van der Waals surface area contributed by atoms with Gasteiger partial charge in [0, 0.05) is 0 Å². The first kappa shape index (κ1) is 16.6. The number of ether oxygens (including phenoxy) is 2. The van der Waals surface area contributed by atoms with E-state index in [2.05, 4.69) is 0 Å². The van der Waals surface area contributed by atoms with Crippen molar-refractivity contribution >= 4 is 0 Å². The third-order valence-electron chi connectivity index (χ3n) is 4.88. The fraction of sp³-hybridized carbons (Fsp3) is 0.0400. The van der Waals surface area contributed by atoms with Crippen molar-refractivity contribution in [3.63, 3.8) is 0 Å². The van der Waals surface area contributed by atoms with Gasteiger partial charge in [0.05, 0.1) is 0 Å². The molecule has 3 nitrogen and oxygen atoms in total. The van der Waals surface area contributed by atoms with Crippen LogP contribution in [0.15, 0.2) is 97.1 Å². The molecule has 1 aliphatic rings. The largest absolute Gasteiger partial charge is 0.457 e. The second kappa shape index (κ2) is 6.87. The number of fused-ring (bicyclic) bond motifs is 3. The fourth-order valence-electron chi connectivity index (χ4n) is 3.57. The van der Waals surface area contributed by atoms with E-state index in [1.165, 1.54) is 0 Å². The number of benzene rings is 4. The van der Waals surface area contributed by atoms with Crippen molar-refractivity contribution in [3.8, 4) is 34.1 Å². The summed E-state index contributed by atoms with van der Waals surface area (Å²) in [7, 11) is 0. The van der Waals surface area contributed by atoms with Crippen molar-refractivity contribution in [1.82, 2.24) is 0 Å². The van der Waals surface area contributed by atoms with E-state index < -0.39 is 6.10 Å². The van der Waals surface area contributed by atoms with Gasteiger partial charge in [-0.2, -0.15) is 0 Å². The van der Waals surface area contributed by atoms with Gasteiger partial charge in [0.25, 0.3) is 0 Å². The molecule has 3 heteroatoms. The van der Waals surface area contributed by atoms with Crippen molar-refractivity contribution < 1.29 is 14.6 Å². The van der Waals surface area contributed by atoms with E-state index in [0.717, 1.165) is 33.8 Å². The molecule has 1 N–H and O–H groups in total. The van der Waals surface area contributed by atoms with Crippen LogP contribution in [0.5, 0.6) is 23.0 Å². The second-order valence-electron chi connectivity index (χ2n) is 6.73. The van der Waals surface area contributed by atoms with Gasteiger partial charge >= 0.3 is 0 Å². The minimum atomic E-state index is -0.705. The summed E-state index contributed by atoms with van der Waals surface area (Å²) in [6.45, 7) is 0. The molecule has 0 atom stereocenters. The standard InChI is InChI=1S/C25H18O3/c26-25-23-15-19(27-17-7-3-1-4-8-17)11-13-21(23)22-14-12-20(16-24(22)25)28-18-9-5-2-6-10-18/h1-16,25-26H. The van der Waals surface area contributed by atoms with E-state index in [9.17, 15) is 5.11 Å². The molecule has 0 heterocycles. The molecule has 5 rings (SSSR count). The van der Waals surface area contributed by atoms with Gasteiger partial charge in [-0.25, -0.2) is 0 Å². The average Bonchev–Trinajstić information content (AvgIpc) is 3.01. The first-order valence-electron chi connectivity index (χ1n) is 9.20. The predicted molar refractivity (Wildman–Crippen MR) is 109 cm³/mol. The summed E-state index contributed by atoms with van der Waals surface area (Å²) < 4.78 is 11.8. The highest BCUT2D eigenvalue weighted by Gasteiger charge is 2.28. The van der Waals surface area contributed by atoms with E-state index in [4.69, 9.17) is 9.47 Å². The Labute approximate surface area is 163 Å². The van der Waals surface area contributed by atoms with Crippen molar-refractivity contribution in [2.24, 2.45) is 0 Å². The summed E-state index contributed by atoms with van der Waals surface area (Å²) >= 11 is 0. The summed E-state index contributed by atoms with van der Waals surface area (Å²) in [5.41, 5.74) is 3.74. The lowest BCUT2D eigenvalue weighted by Gasteiger charge is -2.10. The quantitative estimate of drug-likeness (QED) is 0.458. The van der Waals surface area contributed by atoms with Crippen molar-refractivity contribution in [2.45, 2.75) is 6.10 Å². The van der Waals surface area contributed by atoms with Gasteiger partial charge in [-0.15, -0.1) is 0 Å².